The number of ether oxygens (including phenoxy) is 2. The molecule has 1 amide bonds. The quantitative estimate of drug-likeness (QED) is 0.575. The van der Waals surface area contributed by atoms with E-state index in [2.05, 4.69) is 25.5 Å². The largest absolute Gasteiger partial charge is 0.496 e. The molecule has 2 aromatic carbocycles. The maximum absolute atomic E-state index is 12.7. The van der Waals surface area contributed by atoms with E-state index in [4.69, 9.17) is 21.1 Å². The monoisotopic (exact) mass is 453 g/mol. The molecular weight excluding hydrogens is 430 g/mol. The number of hydrogen-bond acceptors (Lipinski definition) is 7. The minimum Gasteiger partial charge on any atom is -0.496 e. The number of methoxy groups -OCH3 is 1. The minimum absolute atomic E-state index is 0.299. The van der Waals surface area contributed by atoms with Crippen molar-refractivity contribution in [2.45, 2.75) is 6.92 Å². The van der Waals surface area contributed by atoms with Gasteiger partial charge in [0.25, 0.3) is 5.91 Å². The van der Waals surface area contributed by atoms with Crippen LogP contribution in [0.5, 0.6) is 5.75 Å². The van der Waals surface area contributed by atoms with Crippen molar-refractivity contribution in [3.8, 4) is 5.75 Å². The van der Waals surface area contributed by atoms with Gasteiger partial charge in [0.05, 0.1) is 25.9 Å². The number of nitrogens with one attached hydrogen (secondary N) is 2. The number of rotatable bonds is 6. The van der Waals surface area contributed by atoms with Gasteiger partial charge in [-0.3, -0.25) is 4.79 Å². The van der Waals surface area contributed by atoms with Gasteiger partial charge in [-0.2, -0.15) is 4.98 Å². The van der Waals surface area contributed by atoms with E-state index in [1.165, 1.54) is 7.11 Å². The highest BCUT2D eigenvalue weighted by molar-refractivity contribution is 6.31. The normalized spacial score (nSPS) is 13.5. The van der Waals surface area contributed by atoms with Gasteiger partial charge in [-0.15, -0.1) is 0 Å². The molecule has 1 aliphatic rings. The Hall–Kier alpha value is -3.36. The topological polar surface area (TPSA) is 88.6 Å². The fraction of sp³-hybridized carbons (Fsp3) is 0.261. The molecule has 0 aliphatic carbocycles. The lowest BCUT2D eigenvalue weighted by molar-refractivity contribution is 0.102. The Morgan fingerprint density at radius 2 is 1.78 bits per heavy atom. The molecule has 1 aliphatic heterocycles. The lowest BCUT2D eigenvalue weighted by Crippen LogP contribution is -2.37. The number of morpholine rings is 1. The summed E-state index contributed by atoms with van der Waals surface area (Å²) in [6.45, 7) is 4.84. The van der Waals surface area contributed by atoms with E-state index in [1.807, 2.05) is 37.3 Å². The molecule has 2 N–H and O–H groups in total. The van der Waals surface area contributed by atoms with E-state index in [0.717, 1.165) is 24.5 Å². The van der Waals surface area contributed by atoms with Gasteiger partial charge in [-0.25, -0.2) is 4.98 Å². The van der Waals surface area contributed by atoms with Crippen LogP contribution in [0.15, 0.2) is 48.5 Å². The third-order valence-corrected chi connectivity index (χ3v) is 5.19. The molecule has 32 heavy (non-hydrogen) atoms. The molecule has 9 heteroatoms. The number of benzene rings is 2. The van der Waals surface area contributed by atoms with Crippen LogP contribution in [0.25, 0.3) is 0 Å². The molecule has 0 unspecified atom stereocenters. The average molecular weight is 454 g/mol. The Bertz CT molecular complexity index is 1100. The fourth-order valence-electron chi connectivity index (χ4n) is 3.36. The molecule has 166 valence electrons. The molecule has 4 rings (SSSR count). The molecule has 8 nitrogen and oxygen atoms in total. The van der Waals surface area contributed by atoms with Crippen molar-refractivity contribution in [1.82, 2.24) is 9.97 Å². The Labute approximate surface area is 191 Å². The fourth-order valence-corrected chi connectivity index (χ4v) is 3.53. The van der Waals surface area contributed by atoms with E-state index in [1.54, 1.807) is 18.2 Å². The minimum atomic E-state index is -0.299. The van der Waals surface area contributed by atoms with Gasteiger partial charge in [-0.1, -0.05) is 11.6 Å². The number of hydrogen-bond donors (Lipinski definition) is 2. The summed E-state index contributed by atoms with van der Waals surface area (Å²) >= 11 is 6.03. The summed E-state index contributed by atoms with van der Waals surface area (Å²) in [5.41, 5.74) is 2.74. The number of carbonyl (C=O) groups is 1. The van der Waals surface area contributed by atoms with Gasteiger partial charge in [0.1, 0.15) is 11.6 Å². The first-order valence-corrected chi connectivity index (χ1v) is 10.6. The number of nitrogens with zero attached hydrogens (tertiary/aromatic N) is 3. The Morgan fingerprint density at radius 3 is 2.50 bits per heavy atom. The van der Waals surface area contributed by atoms with Crippen LogP contribution in [-0.2, 0) is 4.74 Å². The van der Waals surface area contributed by atoms with E-state index >= 15 is 0 Å². The smallest absolute Gasteiger partial charge is 0.259 e. The Kier molecular flexibility index (Phi) is 6.72. The third kappa shape index (κ3) is 5.27. The standard InChI is InChI=1S/C23H24ClN5O3/c1-15-13-21(28-23(25-15)29-9-11-32-12-10-29)26-17-4-6-18(7-5-17)27-22(30)19-14-16(24)3-8-20(19)31-2/h3-8,13-14H,9-12H2,1-2H3,(H,27,30)(H,25,26,28). The number of amides is 1. The molecule has 0 spiro atoms. The van der Waals surface area contributed by atoms with Crippen LogP contribution >= 0.6 is 11.6 Å². The van der Waals surface area contributed by atoms with Gasteiger partial charge in [0, 0.05) is 41.2 Å². The predicted molar refractivity (Wildman–Crippen MR) is 125 cm³/mol. The molecule has 1 saturated heterocycles. The van der Waals surface area contributed by atoms with Crippen molar-refractivity contribution >= 4 is 40.6 Å². The molecular formula is C23H24ClN5O3. The zero-order valence-corrected chi connectivity index (χ0v) is 18.6. The highest BCUT2D eigenvalue weighted by Gasteiger charge is 2.16. The van der Waals surface area contributed by atoms with Gasteiger partial charge >= 0.3 is 0 Å². The average Bonchev–Trinajstić information content (AvgIpc) is 2.80. The molecule has 2 heterocycles. The van der Waals surface area contributed by atoms with Crippen molar-refractivity contribution in [3.05, 3.63) is 64.8 Å². The van der Waals surface area contributed by atoms with Crippen LogP contribution in [0.1, 0.15) is 16.1 Å². The van der Waals surface area contributed by atoms with Crippen LogP contribution in [0, 0.1) is 6.92 Å². The Morgan fingerprint density at radius 1 is 1.06 bits per heavy atom. The zero-order chi connectivity index (χ0) is 22.5. The zero-order valence-electron chi connectivity index (χ0n) is 17.9. The first-order valence-electron chi connectivity index (χ1n) is 10.2. The van der Waals surface area contributed by atoms with E-state index in [9.17, 15) is 4.79 Å². The SMILES string of the molecule is COc1ccc(Cl)cc1C(=O)Nc1ccc(Nc2cc(C)nc(N3CCOCC3)n2)cc1. The first-order chi connectivity index (χ1) is 15.5. The molecule has 1 fully saturated rings. The maximum atomic E-state index is 12.7. The molecule has 0 saturated carbocycles. The second kappa shape index (κ2) is 9.84. The summed E-state index contributed by atoms with van der Waals surface area (Å²) in [6, 6.07) is 14.2. The number of aryl methyl sites for hydroxylation is 1. The van der Waals surface area contributed by atoms with Gasteiger partial charge < -0.3 is 25.0 Å². The van der Waals surface area contributed by atoms with Gasteiger partial charge in [0.15, 0.2) is 0 Å². The van der Waals surface area contributed by atoms with E-state index in [-0.39, 0.29) is 5.91 Å². The van der Waals surface area contributed by atoms with Crippen LogP contribution in [-0.4, -0.2) is 49.3 Å². The van der Waals surface area contributed by atoms with Gasteiger partial charge in [-0.05, 0) is 49.4 Å². The van der Waals surface area contributed by atoms with E-state index in [0.29, 0.717) is 47.0 Å². The van der Waals surface area contributed by atoms with Gasteiger partial charge in [0.2, 0.25) is 5.95 Å². The summed E-state index contributed by atoms with van der Waals surface area (Å²) in [4.78, 5) is 24.0. The van der Waals surface area contributed by atoms with Crippen molar-refractivity contribution in [2.75, 3.05) is 48.9 Å². The number of aromatic nitrogens is 2. The summed E-state index contributed by atoms with van der Waals surface area (Å²) < 4.78 is 10.7. The van der Waals surface area contributed by atoms with E-state index < -0.39 is 0 Å². The summed E-state index contributed by atoms with van der Waals surface area (Å²) in [6.07, 6.45) is 0. The number of halogens is 1. The predicted octanol–water partition coefficient (Wildman–Crippen LogP) is 4.28. The highest BCUT2D eigenvalue weighted by Crippen LogP contribution is 2.25. The molecule has 0 atom stereocenters. The maximum Gasteiger partial charge on any atom is 0.259 e. The van der Waals surface area contributed by atoms with Crippen LogP contribution in [0.4, 0.5) is 23.1 Å². The van der Waals surface area contributed by atoms with Crippen molar-refractivity contribution < 1.29 is 14.3 Å². The van der Waals surface area contributed by atoms with Crippen molar-refractivity contribution in [3.63, 3.8) is 0 Å². The van der Waals surface area contributed by atoms with Crippen molar-refractivity contribution in [2.24, 2.45) is 0 Å². The summed E-state index contributed by atoms with van der Waals surface area (Å²) in [7, 11) is 1.51. The second-order valence-electron chi connectivity index (χ2n) is 7.30. The summed E-state index contributed by atoms with van der Waals surface area (Å²) in [5.74, 6) is 1.56. The lowest BCUT2D eigenvalue weighted by atomic mass is 10.1. The molecule has 0 radical (unpaired) electrons. The first kappa shape index (κ1) is 21.9. The number of anilines is 4. The highest BCUT2D eigenvalue weighted by atomic mass is 35.5. The summed E-state index contributed by atoms with van der Waals surface area (Å²) in [5, 5.41) is 6.63. The molecule has 0 bridgehead atoms. The number of carbonyl (C=O) groups excluding carboxylic acids is 1. The second-order valence-corrected chi connectivity index (χ2v) is 7.73. The Balaban J connectivity index is 1.45. The van der Waals surface area contributed by atoms with Crippen LogP contribution in [0.3, 0.4) is 0 Å². The third-order valence-electron chi connectivity index (χ3n) is 4.96. The van der Waals surface area contributed by atoms with Crippen LogP contribution < -0.4 is 20.3 Å². The molecule has 3 aromatic rings. The van der Waals surface area contributed by atoms with Crippen LogP contribution in [0.2, 0.25) is 5.02 Å². The molecule has 1 aromatic heterocycles. The lowest BCUT2D eigenvalue weighted by Gasteiger charge is -2.27. The van der Waals surface area contributed by atoms with Crippen molar-refractivity contribution in [1.29, 1.82) is 0 Å².